The van der Waals surface area contributed by atoms with E-state index in [1.54, 1.807) is 6.20 Å². The van der Waals surface area contributed by atoms with Crippen molar-refractivity contribution in [1.82, 2.24) is 19.6 Å². The minimum Gasteiger partial charge on any atom is -0.333 e. The molecule has 0 bridgehead atoms. The highest BCUT2D eigenvalue weighted by atomic mass is 16.2. The van der Waals surface area contributed by atoms with Crippen LogP contribution in [0.2, 0.25) is 0 Å². The SMILES string of the molecule is CN1CCN(C(=O)CCc2ccnn2C)[C@@H](c2ccccc2)C1. The maximum Gasteiger partial charge on any atom is 0.223 e. The summed E-state index contributed by atoms with van der Waals surface area (Å²) in [5, 5.41) is 4.16. The van der Waals surface area contributed by atoms with Crippen LogP contribution >= 0.6 is 0 Å². The van der Waals surface area contributed by atoms with Crippen molar-refractivity contribution in [3.8, 4) is 0 Å². The summed E-state index contributed by atoms with van der Waals surface area (Å²) in [6.07, 6.45) is 3.05. The lowest BCUT2D eigenvalue weighted by atomic mass is 10.0. The summed E-state index contributed by atoms with van der Waals surface area (Å²) in [4.78, 5) is 17.1. The van der Waals surface area contributed by atoms with Crippen LogP contribution in [-0.4, -0.2) is 52.2 Å². The molecule has 1 saturated heterocycles. The highest BCUT2D eigenvalue weighted by Crippen LogP contribution is 2.25. The second kappa shape index (κ2) is 6.96. The molecule has 23 heavy (non-hydrogen) atoms. The van der Waals surface area contributed by atoms with Gasteiger partial charge in [0.1, 0.15) is 0 Å². The highest BCUT2D eigenvalue weighted by molar-refractivity contribution is 5.77. The predicted molar refractivity (Wildman–Crippen MR) is 89.9 cm³/mol. The molecule has 1 aromatic carbocycles. The Balaban J connectivity index is 1.70. The van der Waals surface area contributed by atoms with Gasteiger partial charge in [0.15, 0.2) is 0 Å². The van der Waals surface area contributed by atoms with Crippen LogP contribution in [0.3, 0.4) is 0 Å². The molecule has 5 nitrogen and oxygen atoms in total. The quantitative estimate of drug-likeness (QED) is 0.865. The molecule has 1 amide bonds. The minimum atomic E-state index is 0.147. The number of piperazine rings is 1. The number of nitrogens with zero attached hydrogens (tertiary/aromatic N) is 4. The largest absolute Gasteiger partial charge is 0.333 e. The number of hydrogen-bond acceptors (Lipinski definition) is 3. The Morgan fingerprint density at radius 2 is 1.96 bits per heavy atom. The van der Waals surface area contributed by atoms with Crippen LogP contribution in [0.15, 0.2) is 42.6 Å². The van der Waals surface area contributed by atoms with Crippen molar-refractivity contribution in [3.05, 3.63) is 53.9 Å². The summed E-state index contributed by atoms with van der Waals surface area (Å²) < 4.78 is 1.84. The van der Waals surface area contributed by atoms with E-state index in [2.05, 4.69) is 29.2 Å². The third kappa shape index (κ3) is 3.62. The van der Waals surface area contributed by atoms with Crippen LogP contribution in [0.5, 0.6) is 0 Å². The molecule has 2 aromatic rings. The van der Waals surface area contributed by atoms with Gasteiger partial charge in [-0.25, -0.2) is 0 Å². The summed E-state index contributed by atoms with van der Waals surface area (Å²) in [5.74, 6) is 0.230. The van der Waals surface area contributed by atoms with Crippen molar-refractivity contribution >= 4 is 5.91 Å². The Morgan fingerprint density at radius 3 is 2.65 bits per heavy atom. The van der Waals surface area contributed by atoms with Crippen LogP contribution in [-0.2, 0) is 18.3 Å². The molecule has 0 unspecified atom stereocenters. The van der Waals surface area contributed by atoms with Gasteiger partial charge in [0, 0.05) is 45.0 Å². The van der Waals surface area contributed by atoms with Crippen LogP contribution in [0.4, 0.5) is 0 Å². The van der Waals surface area contributed by atoms with Gasteiger partial charge in [-0.2, -0.15) is 5.10 Å². The lowest BCUT2D eigenvalue weighted by Crippen LogP contribution is -2.49. The molecular weight excluding hydrogens is 288 g/mol. The van der Waals surface area contributed by atoms with Crippen molar-refractivity contribution in [2.75, 3.05) is 26.7 Å². The molecule has 0 aliphatic carbocycles. The zero-order valence-corrected chi connectivity index (χ0v) is 13.9. The molecule has 0 spiro atoms. The number of carbonyl (C=O) groups is 1. The first kappa shape index (κ1) is 15.7. The smallest absolute Gasteiger partial charge is 0.223 e. The Labute approximate surface area is 137 Å². The zero-order valence-electron chi connectivity index (χ0n) is 13.9. The molecule has 122 valence electrons. The van der Waals surface area contributed by atoms with Gasteiger partial charge in [0.05, 0.1) is 6.04 Å². The van der Waals surface area contributed by atoms with E-state index < -0.39 is 0 Å². The first-order valence-electron chi connectivity index (χ1n) is 8.15. The van der Waals surface area contributed by atoms with Crippen molar-refractivity contribution < 1.29 is 4.79 Å². The number of rotatable bonds is 4. The van der Waals surface area contributed by atoms with E-state index in [4.69, 9.17) is 0 Å². The predicted octanol–water partition coefficient (Wildman–Crippen LogP) is 1.87. The first-order valence-corrected chi connectivity index (χ1v) is 8.15. The zero-order chi connectivity index (χ0) is 16.2. The summed E-state index contributed by atoms with van der Waals surface area (Å²) in [5.41, 5.74) is 2.32. The third-order valence-corrected chi connectivity index (χ3v) is 4.61. The highest BCUT2D eigenvalue weighted by Gasteiger charge is 2.29. The van der Waals surface area contributed by atoms with Crippen LogP contribution in [0.1, 0.15) is 23.7 Å². The molecule has 2 heterocycles. The maximum absolute atomic E-state index is 12.8. The Morgan fingerprint density at radius 1 is 1.17 bits per heavy atom. The molecule has 3 rings (SSSR count). The number of hydrogen-bond donors (Lipinski definition) is 0. The molecule has 1 aliphatic heterocycles. The van der Waals surface area contributed by atoms with Crippen molar-refractivity contribution in [2.45, 2.75) is 18.9 Å². The van der Waals surface area contributed by atoms with Gasteiger partial charge in [-0.05, 0) is 25.1 Å². The standard InChI is InChI=1S/C18H24N4O/c1-20-12-13-22(17(14-20)15-6-4-3-5-7-15)18(23)9-8-16-10-11-19-21(16)2/h3-7,10-11,17H,8-9,12-14H2,1-2H3/t17-/m1/s1. The second-order valence-corrected chi connectivity index (χ2v) is 6.22. The molecule has 1 fully saturated rings. The fraction of sp³-hybridized carbons (Fsp3) is 0.444. The Hall–Kier alpha value is -2.14. The van der Waals surface area contributed by atoms with E-state index in [0.29, 0.717) is 6.42 Å². The van der Waals surface area contributed by atoms with Gasteiger partial charge >= 0.3 is 0 Å². The monoisotopic (exact) mass is 312 g/mol. The molecular formula is C18H24N4O. The van der Waals surface area contributed by atoms with Gasteiger partial charge < -0.3 is 9.80 Å². The van der Waals surface area contributed by atoms with E-state index in [1.807, 2.05) is 40.9 Å². The van der Waals surface area contributed by atoms with Crippen LogP contribution < -0.4 is 0 Å². The van der Waals surface area contributed by atoms with Crippen molar-refractivity contribution in [3.63, 3.8) is 0 Å². The number of aromatic nitrogens is 2. The topological polar surface area (TPSA) is 41.4 Å². The number of carbonyl (C=O) groups excluding carboxylic acids is 1. The van der Waals surface area contributed by atoms with E-state index >= 15 is 0 Å². The molecule has 0 radical (unpaired) electrons. The normalized spacial score (nSPS) is 19.0. The molecule has 5 heteroatoms. The van der Waals surface area contributed by atoms with Crippen molar-refractivity contribution in [2.24, 2.45) is 7.05 Å². The van der Waals surface area contributed by atoms with Gasteiger partial charge in [-0.3, -0.25) is 9.48 Å². The van der Waals surface area contributed by atoms with Crippen LogP contribution in [0.25, 0.3) is 0 Å². The molecule has 1 atom stereocenters. The molecule has 0 saturated carbocycles. The average molecular weight is 312 g/mol. The van der Waals surface area contributed by atoms with E-state index in [9.17, 15) is 4.79 Å². The summed E-state index contributed by atoms with van der Waals surface area (Å²) in [6, 6.07) is 12.5. The summed E-state index contributed by atoms with van der Waals surface area (Å²) in [6.45, 7) is 2.61. The number of likely N-dealkylation sites (N-methyl/N-ethyl adjacent to an activating group) is 1. The van der Waals surface area contributed by atoms with E-state index in [1.165, 1.54) is 5.56 Å². The Bertz CT molecular complexity index is 652. The fourth-order valence-electron chi connectivity index (χ4n) is 3.20. The third-order valence-electron chi connectivity index (χ3n) is 4.61. The van der Waals surface area contributed by atoms with Gasteiger partial charge in [0.25, 0.3) is 0 Å². The van der Waals surface area contributed by atoms with Gasteiger partial charge in [0.2, 0.25) is 5.91 Å². The van der Waals surface area contributed by atoms with E-state index in [0.717, 1.165) is 31.7 Å². The molecule has 0 N–H and O–H groups in total. The lowest BCUT2D eigenvalue weighted by molar-refractivity contribution is -0.136. The van der Waals surface area contributed by atoms with Gasteiger partial charge in [-0.1, -0.05) is 30.3 Å². The maximum atomic E-state index is 12.8. The first-order chi connectivity index (χ1) is 11.1. The van der Waals surface area contributed by atoms with Crippen LogP contribution in [0, 0.1) is 0 Å². The summed E-state index contributed by atoms with van der Waals surface area (Å²) >= 11 is 0. The molecule has 1 aromatic heterocycles. The minimum absolute atomic E-state index is 0.147. The van der Waals surface area contributed by atoms with Gasteiger partial charge in [-0.15, -0.1) is 0 Å². The fourth-order valence-corrected chi connectivity index (χ4v) is 3.20. The second-order valence-electron chi connectivity index (χ2n) is 6.22. The molecule has 1 aliphatic rings. The van der Waals surface area contributed by atoms with E-state index in [-0.39, 0.29) is 11.9 Å². The number of aryl methyl sites for hydroxylation is 2. The summed E-state index contributed by atoms with van der Waals surface area (Å²) in [7, 11) is 4.04. The average Bonchev–Trinajstić information content (AvgIpc) is 2.98. The Kier molecular flexibility index (Phi) is 4.76. The number of amides is 1. The lowest BCUT2D eigenvalue weighted by Gasteiger charge is -2.40. The number of benzene rings is 1. The van der Waals surface area contributed by atoms with Crippen molar-refractivity contribution in [1.29, 1.82) is 0 Å².